The van der Waals surface area contributed by atoms with Gasteiger partial charge in [0.05, 0.1) is 11.3 Å². The van der Waals surface area contributed by atoms with Crippen LogP contribution in [0.3, 0.4) is 0 Å². The number of benzene rings is 2. The van der Waals surface area contributed by atoms with Crippen molar-refractivity contribution in [2.45, 2.75) is 25.9 Å². The van der Waals surface area contributed by atoms with Crippen LogP contribution in [0.25, 0.3) is 11.3 Å². The van der Waals surface area contributed by atoms with Crippen molar-refractivity contribution < 1.29 is 14.3 Å². The van der Waals surface area contributed by atoms with E-state index < -0.39 is 0 Å². The second-order valence-electron chi connectivity index (χ2n) is 7.73. The zero-order valence-corrected chi connectivity index (χ0v) is 18.3. The van der Waals surface area contributed by atoms with E-state index in [2.05, 4.69) is 22.4 Å². The smallest absolute Gasteiger partial charge is 0.326 e. The largest absolute Gasteiger partial charge is 0.619 e. The van der Waals surface area contributed by atoms with Gasteiger partial charge in [-0.25, -0.2) is 9.78 Å². The van der Waals surface area contributed by atoms with E-state index in [1.807, 2.05) is 48.5 Å². The van der Waals surface area contributed by atoms with E-state index in [4.69, 9.17) is 4.74 Å². The van der Waals surface area contributed by atoms with Gasteiger partial charge in [0.1, 0.15) is 18.7 Å². The lowest BCUT2D eigenvalue weighted by molar-refractivity contribution is -0.606. The molecule has 0 saturated heterocycles. The summed E-state index contributed by atoms with van der Waals surface area (Å²) in [6.45, 7) is 0.932. The fraction of sp³-hybridized carbons (Fsp3) is 0.192. The maximum absolute atomic E-state index is 12.4. The number of aromatic nitrogens is 3. The first-order valence-corrected chi connectivity index (χ1v) is 10.9. The molecule has 33 heavy (non-hydrogen) atoms. The molecule has 7 heteroatoms. The third kappa shape index (κ3) is 6.43. The molecule has 7 nitrogen and oxygen atoms in total. The monoisotopic (exact) mass is 442 g/mol. The zero-order valence-electron chi connectivity index (χ0n) is 18.3. The molecule has 2 aromatic heterocycles. The van der Waals surface area contributed by atoms with E-state index in [0.717, 1.165) is 35.1 Å². The Morgan fingerprint density at radius 1 is 1.00 bits per heavy atom. The highest BCUT2D eigenvalue weighted by atomic mass is 16.5. The third-order valence-corrected chi connectivity index (χ3v) is 5.22. The Labute approximate surface area is 192 Å². The molecule has 1 amide bonds. The van der Waals surface area contributed by atoms with Crippen molar-refractivity contribution in [1.82, 2.24) is 14.9 Å². The molecular weight excluding hydrogens is 416 g/mol. The molecule has 2 aromatic carbocycles. The summed E-state index contributed by atoms with van der Waals surface area (Å²) in [5, 5.41) is 14.3. The molecule has 1 N–H and O–H groups in total. The highest BCUT2D eigenvalue weighted by Crippen LogP contribution is 2.21. The van der Waals surface area contributed by atoms with Gasteiger partial charge < -0.3 is 15.3 Å². The van der Waals surface area contributed by atoms with E-state index >= 15 is 0 Å². The van der Waals surface area contributed by atoms with Gasteiger partial charge in [-0.1, -0.05) is 30.3 Å². The highest BCUT2D eigenvalue weighted by Gasteiger charge is 2.08. The average Bonchev–Trinajstić information content (AvgIpc) is 3.34. The quantitative estimate of drug-likeness (QED) is 0.237. The van der Waals surface area contributed by atoms with E-state index in [1.54, 1.807) is 12.3 Å². The lowest BCUT2D eigenvalue weighted by Gasteiger charge is -2.07. The molecule has 0 bridgehead atoms. The van der Waals surface area contributed by atoms with Crippen LogP contribution in [0.2, 0.25) is 0 Å². The van der Waals surface area contributed by atoms with Gasteiger partial charge in [-0.15, -0.1) is 0 Å². The summed E-state index contributed by atoms with van der Waals surface area (Å²) >= 11 is 0. The summed E-state index contributed by atoms with van der Waals surface area (Å²) in [6, 6.07) is 21.1. The fourth-order valence-corrected chi connectivity index (χ4v) is 3.44. The first-order chi connectivity index (χ1) is 16.2. The van der Waals surface area contributed by atoms with Crippen molar-refractivity contribution in [2.24, 2.45) is 0 Å². The van der Waals surface area contributed by atoms with Crippen molar-refractivity contribution in [1.29, 1.82) is 0 Å². The Kier molecular flexibility index (Phi) is 7.33. The Morgan fingerprint density at radius 3 is 2.58 bits per heavy atom. The molecule has 0 aliphatic rings. The van der Waals surface area contributed by atoms with Crippen LogP contribution in [0.1, 0.15) is 24.0 Å². The number of amides is 1. The normalized spacial score (nSPS) is 10.7. The number of rotatable bonds is 9. The van der Waals surface area contributed by atoms with Crippen molar-refractivity contribution in [2.75, 3.05) is 6.54 Å². The van der Waals surface area contributed by atoms with Gasteiger partial charge in [0.25, 0.3) is 0 Å². The van der Waals surface area contributed by atoms with Crippen LogP contribution in [0.5, 0.6) is 5.75 Å². The minimum Gasteiger partial charge on any atom is -0.619 e. The number of unbranched alkanes of at least 4 members (excludes halogenated alkanes) is 1. The minimum atomic E-state index is -0.188. The standard InChI is InChI=1S/C26H26N4O3/c31-26(27-15-5-4-9-21-7-2-1-3-8-21)29-18-25(28-20-29)23-11-13-24(14-12-23)33-19-22-10-6-16-30(32)17-22/h1-3,6-8,10-14,16-18,20H,4-5,9,15,19H2,(H,27,31). The maximum Gasteiger partial charge on any atom is 0.326 e. The van der Waals surface area contributed by atoms with Gasteiger partial charge in [0.15, 0.2) is 12.4 Å². The Bertz CT molecular complexity index is 1170. The number of hydrogen-bond acceptors (Lipinski definition) is 4. The van der Waals surface area contributed by atoms with Gasteiger partial charge in [-0.2, -0.15) is 4.73 Å². The Balaban J connectivity index is 1.23. The lowest BCUT2D eigenvalue weighted by atomic mass is 10.1. The molecule has 0 aliphatic heterocycles. The number of nitrogens with zero attached hydrogens (tertiary/aromatic N) is 3. The van der Waals surface area contributed by atoms with Gasteiger partial charge in [0.2, 0.25) is 0 Å². The molecule has 0 aliphatic carbocycles. The molecule has 0 radical (unpaired) electrons. The van der Waals surface area contributed by atoms with Crippen LogP contribution in [0, 0.1) is 5.21 Å². The van der Waals surface area contributed by atoms with Crippen LogP contribution >= 0.6 is 0 Å². The van der Waals surface area contributed by atoms with Crippen LogP contribution in [-0.4, -0.2) is 22.1 Å². The second-order valence-corrected chi connectivity index (χ2v) is 7.73. The molecule has 0 fully saturated rings. The van der Waals surface area contributed by atoms with Crippen LogP contribution in [-0.2, 0) is 13.0 Å². The molecule has 0 saturated carbocycles. The number of carbonyl (C=O) groups excluding carboxylic acids is 1. The summed E-state index contributed by atoms with van der Waals surface area (Å²) in [6.07, 6.45) is 9.10. The number of nitrogens with one attached hydrogen (secondary N) is 1. The lowest BCUT2D eigenvalue weighted by Crippen LogP contribution is -2.28. The average molecular weight is 443 g/mol. The topological polar surface area (TPSA) is 83.1 Å². The molecule has 4 rings (SSSR count). The number of ether oxygens (including phenoxy) is 1. The van der Waals surface area contributed by atoms with E-state index in [0.29, 0.717) is 24.6 Å². The SMILES string of the molecule is O=C(NCCCCc1ccccc1)n1cnc(-c2ccc(OCc3ccc[n+]([O-])c3)cc2)c1. The van der Waals surface area contributed by atoms with E-state index in [1.165, 1.54) is 28.9 Å². The summed E-state index contributed by atoms with van der Waals surface area (Å²) in [7, 11) is 0. The number of carbonyl (C=O) groups is 1. The Morgan fingerprint density at radius 2 is 1.79 bits per heavy atom. The Hall–Kier alpha value is -4.13. The first kappa shape index (κ1) is 22.1. The third-order valence-electron chi connectivity index (χ3n) is 5.22. The number of hydrogen-bond donors (Lipinski definition) is 1. The second kappa shape index (κ2) is 10.9. The molecule has 0 spiro atoms. The molecule has 4 aromatic rings. The first-order valence-electron chi connectivity index (χ1n) is 10.9. The van der Waals surface area contributed by atoms with Crippen LogP contribution in [0.4, 0.5) is 4.79 Å². The predicted octanol–water partition coefficient (Wildman–Crippen LogP) is 4.34. The molecule has 2 heterocycles. The molecular formula is C26H26N4O3. The minimum absolute atomic E-state index is 0.188. The molecule has 0 atom stereocenters. The van der Waals surface area contributed by atoms with Gasteiger partial charge >= 0.3 is 6.03 Å². The maximum atomic E-state index is 12.4. The molecule has 168 valence electrons. The van der Waals surface area contributed by atoms with Crippen molar-refractivity contribution >= 4 is 6.03 Å². The predicted molar refractivity (Wildman–Crippen MR) is 126 cm³/mol. The number of aryl methyl sites for hydroxylation is 1. The number of pyridine rings is 1. The summed E-state index contributed by atoms with van der Waals surface area (Å²) < 4.78 is 7.94. The van der Waals surface area contributed by atoms with Crippen LogP contribution in [0.15, 0.2) is 91.6 Å². The fourth-order valence-electron chi connectivity index (χ4n) is 3.44. The van der Waals surface area contributed by atoms with Crippen molar-refractivity contribution in [3.63, 3.8) is 0 Å². The van der Waals surface area contributed by atoms with E-state index in [9.17, 15) is 10.0 Å². The van der Waals surface area contributed by atoms with Crippen molar-refractivity contribution in [3.8, 4) is 17.0 Å². The summed E-state index contributed by atoms with van der Waals surface area (Å²) in [4.78, 5) is 16.7. The van der Waals surface area contributed by atoms with Gasteiger partial charge in [-0.05, 0) is 55.2 Å². The van der Waals surface area contributed by atoms with Gasteiger partial charge in [0, 0.05) is 24.4 Å². The van der Waals surface area contributed by atoms with Crippen molar-refractivity contribution in [3.05, 3.63) is 108 Å². The van der Waals surface area contributed by atoms with Crippen LogP contribution < -0.4 is 14.8 Å². The molecule has 0 unspecified atom stereocenters. The summed E-state index contributed by atoms with van der Waals surface area (Å²) in [5.41, 5.74) is 3.70. The highest BCUT2D eigenvalue weighted by molar-refractivity contribution is 5.77. The summed E-state index contributed by atoms with van der Waals surface area (Å²) in [5.74, 6) is 0.688. The van der Waals surface area contributed by atoms with Gasteiger partial charge in [-0.3, -0.25) is 4.57 Å². The zero-order chi connectivity index (χ0) is 22.9. The van der Waals surface area contributed by atoms with E-state index in [-0.39, 0.29) is 6.03 Å². The number of imidazole rings is 1.